The summed E-state index contributed by atoms with van der Waals surface area (Å²) in [5.74, 6) is -1.02. The van der Waals surface area contributed by atoms with Crippen LogP contribution < -0.4 is 5.73 Å². The molecule has 9 heteroatoms. The van der Waals surface area contributed by atoms with Crippen molar-refractivity contribution in [1.29, 1.82) is 4.78 Å². The van der Waals surface area contributed by atoms with E-state index in [1.807, 2.05) is 50.4 Å². The fourth-order valence-corrected chi connectivity index (χ4v) is 4.04. The van der Waals surface area contributed by atoms with Crippen molar-refractivity contribution in [2.75, 3.05) is 11.5 Å². The molecule has 0 aliphatic heterocycles. The zero-order chi connectivity index (χ0) is 19.4. The Hall–Kier alpha value is -2.26. The van der Waals surface area contributed by atoms with Gasteiger partial charge < -0.3 is 10.8 Å². The highest BCUT2D eigenvalue weighted by atomic mass is 32.2. The first kappa shape index (κ1) is 20.1. The number of carboxylic acid groups (broad SMARTS) is 1. The van der Waals surface area contributed by atoms with Gasteiger partial charge in [0.1, 0.15) is 11.7 Å². The quantitative estimate of drug-likeness (QED) is 0.609. The molecule has 142 valence electrons. The Bertz CT molecular complexity index is 846. The van der Waals surface area contributed by atoms with Gasteiger partial charge in [0.15, 0.2) is 0 Å². The molecule has 8 nitrogen and oxygen atoms in total. The van der Waals surface area contributed by atoms with E-state index in [1.54, 1.807) is 4.68 Å². The van der Waals surface area contributed by atoms with E-state index in [2.05, 4.69) is 10.3 Å². The minimum atomic E-state index is -2.90. The van der Waals surface area contributed by atoms with Crippen molar-refractivity contribution in [3.05, 3.63) is 36.5 Å². The van der Waals surface area contributed by atoms with Crippen LogP contribution in [-0.4, -0.2) is 47.8 Å². The Labute approximate surface area is 153 Å². The summed E-state index contributed by atoms with van der Waals surface area (Å²) in [6, 6.07) is 8.59. The topological polar surface area (TPSA) is 135 Å². The van der Waals surface area contributed by atoms with Crippen LogP contribution in [0.1, 0.15) is 26.7 Å². The number of aliphatic carboxylic acids is 1. The number of aromatic nitrogens is 3. The second-order valence-electron chi connectivity index (χ2n) is 6.93. The van der Waals surface area contributed by atoms with Gasteiger partial charge >= 0.3 is 5.97 Å². The Morgan fingerprint density at radius 1 is 1.35 bits per heavy atom. The maximum Gasteiger partial charge on any atom is 0.320 e. The number of nitrogens with zero attached hydrogens (tertiary/aromatic N) is 3. The second kappa shape index (κ2) is 7.96. The van der Waals surface area contributed by atoms with Crippen LogP contribution in [0.5, 0.6) is 0 Å². The second-order valence-corrected chi connectivity index (χ2v) is 9.37. The Morgan fingerprint density at radius 2 is 2.00 bits per heavy atom. The normalized spacial score (nSPS) is 15.3. The number of nitrogens with two attached hydrogens (primary N) is 1. The molecular weight excluding hydrogens is 354 g/mol. The van der Waals surface area contributed by atoms with E-state index in [0.717, 1.165) is 11.3 Å². The summed E-state index contributed by atoms with van der Waals surface area (Å²) in [6.45, 7) is 3.88. The maximum atomic E-state index is 12.4. The Balaban J connectivity index is 2.00. The van der Waals surface area contributed by atoms with Gasteiger partial charge in [-0.25, -0.2) is 8.89 Å². The van der Waals surface area contributed by atoms with Crippen molar-refractivity contribution < 1.29 is 14.1 Å². The van der Waals surface area contributed by atoms with E-state index in [9.17, 15) is 9.00 Å². The number of benzene rings is 1. The van der Waals surface area contributed by atoms with E-state index < -0.39 is 27.3 Å². The van der Waals surface area contributed by atoms with E-state index in [1.165, 1.54) is 0 Å². The Morgan fingerprint density at radius 3 is 2.62 bits per heavy atom. The van der Waals surface area contributed by atoms with Gasteiger partial charge in [-0.2, -0.15) is 0 Å². The Kier molecular flexibility index (Phi) is 6.14. The highest BCUT2D eigenvalue weighted by molar-refractivity contribution is 7.92. The number of rotatable bonds is 9. The van der Waals surface area contributed by atoms with Gasteiger partial charge in [-0.3, -0.25) is 9.57 Å². The number of carbonyl (C=O) groups is 1. The largest absolute Gasteiger partial charge is 0.480 e. The third-order valence-corrected chi connectivity index (χ3v) is 6.06. The van der Waals surface area contributed by atoms with Crippen molar-refractivity contribution in [3.63, 3.8) is 0 Å². The summed E-state index contributed by atoms with van der Waals surface area (Å²) in [4.78, 5) is 10.7. The molecule has 2 atom stereocenters. The zero-order valence-corrected chi connectivity index (χ0v) is 15.8. The van der Waals surface area contributed by atoms with Crippen LogP contribution >= 0.6 is 0 Å². The lowest BCUT2D eigenvalue weighted by Gasteiger charge is -2.25. The molecule has 2 aromatic rings. The minimum absolute atomic E-state index is 0.0246. The average molecular weight is 379 g/mol. The molecule has 0 saturated carbocycles. The summed E-state index contributed by atoms with van der Waals surface area (Å²) >= 11 is 0. The van der Waals surface area contributed by atoms with Crippen LogP contribution in [0.25, 0.3) is 11.3 Å². The molecule has 1 aromatic carbocycles. The van der Waals surface area contributed by atoms with Gasteiger partial charge in [-0.1, -0.05) is 35.5 Å². The number of nitrogens with one attached hydrogen (secondary N) is 1. The van der Waals surface area contributed by atoms with Crippen molar-refractivity contribution in [3.8, 4) is 11.3 Å². The summed E-state index contributed by atoms with van der Waals surface area (Å²) in [6.07, 6.45) is 2.32. The molecular formula is C17H25N5O3S. The van der Waals surface area contributed by atoms with Crippen LogP contribution in [0.2, 0.25) is 0 Å². The molecule has 26 heavy (non-hydrogen) atoms. The summed E-state index contributed by atoms with van der Waals surface area (Å²) in [5, 5.41) is 17.2. The van der Waals surface area contributed by atoms with Gasteiger partial charge in [-0.05, 0) is 26.7 Å². The molecule has 0 saturated heterocycles. The fourth-order valence-electron chi connectivity index (χ4n) is 2.37. The van der Waals surface area contributed by atoms with Gasteiger partial charge in [0.2, 0.25) is 0 Å². The monoisotopic (exact) mass is 379 g/mol. The van der Waals surface area contributed by atoms with E-state index in [0.29, 0.717) is 6.42 Å². The summed E-state index contributed by atoms with van der Waals surface area (Å²) in [7, 11) is -2.90. The predicted octanol–water partition coefficient (Wildman–Crippen LogP) is 1.92. The predicted molar refractivity (Wildman–Crippen MR) is 100 cm³/mol. The summed E-state index contributed by atoms with van der Waals surface area (Å²) < 4.78 is 22.1. The molecule has 0 aliphatic carbocycles. The molecule has 4 N–H and O–H groups in total. The van der Waals surface area contributed by atoms with Crippen LogP contribution in [0.4, 0.5) is 0 Å². The standard InChI is InChI=1S/C17H25N5O3S/c1-17(2,9-11-26(19,25)10-8-14(18)16(23)24)22-12-15(20-21-22)13-6-4-3-5-7-13/h3-7,12,14,19H,8-11,18H2,1-2H3,(H,23,24)/t14-,26?/m0/s1. The van der Waals surface area contributed by atoms with Crippen LogP contribution in [0.15, 0.2) is 36.5 Å². The fraction of sp³-hybridized carbons (Fsp3) is 0.471. The average Bonchev–Trinajstić information content (AvgIpc) is 3.10. The third-order valence-electron chi connectivity index (χ3n) is 4.30. The van der Waals surface area contributed by atoms with E-state index >= 15 is 0 Å². The molecule has 2 rings (SSSR count). The van der Waals surface area contributed by atoms with E-state index in [-0.39, 0.29) is 17.9 Å². The lowest BCUT2D eigenvalue weighted by Crippen LogP contribution is -2.33. The van der Waals surface area contributed by atoms with Crippen molar-refractivity contribution >= 4 is 15.7 Å². The molecule has 1 unspecified atom stereocenters. The van der Waals surface area contributed by atoms with Gasteiger partial charge in [0, 0.05) is 26.8 Å². The molecule has 0 aliphatic rings. The number of hydrogen-bond acceptors (Lipinski definition) is 6. The molecule has 0 radical (unpaired) electrons. The van der Waals surface area contributed by atoms with Gasteiger partial charge in [0.05, 0.1) is 11.7 Å². The van der Waals surface area contributed by atoms with Crippen molar-refractivity contribution in [2.24, 2.45) is 5.73 Å². The first-order valence-electron chi connectivity index (χ1n) is 8.31. The number of carboxylic acids is 1. The van der Waals surface area contributed by atoms with Crippen molar-refractivity contribution in [2.45, 2.75) is 38.3 Å². The van der Waals surface area contributed by atoms with Crippen LogP contribution in [0, 0.1) is 4.78 Å². The molecule has 0 bridgehead atoms. The van der Waals surface area contributed by atoms with Crippen LogP contribution in [0.3, 0.4) is 0 Å². The molecule has 1 heterocycles. The number of hydrogen-bond donors (Lipinski definition) is 3. The lowest BCUT2D eigenvalue weighted by atomic mass is 10.0. The minimum Gasteiger partial charge on any atom is -0.480 e. The van der Waals surface area contributed by atoms with Gasteiger partial charge in [-0.15, -0.1) is 5.10 Å². The highest BCUT2D eigenvalue weighted by Crippen LogP contribution is 2.23. The first-order chi connectivity index (χ1) is 12.1. The summed E-state index contributed by atoms with van der Waals surface area (Å²) in [5.41, 5.74) is 6.66. The first-order valence-corrected chi connectivity index (χ1v) is 10.2. The molecule has 0 amide bonds. The molecule has 0 fully saturated rings. The van der Waals surface area contributed by atoms with Crippen molar-refractivity contribution in [1.82, 2.24) is 15.0 Å². The maximum absolute atomic E-state index is 12.4. The molecule has 0 spiro atoms. The van der Waals surface area contributed by atoms with E-state index in [4.69, 9.17) is 15.6 Å². The van der Waals surface area contributed by atoms with Gasteiger partial charge in [0.25, 0.3) is 0 Å². The molecule has 1 aromatic heterocycles. The van der Waals surface area contributed by atoms with Crippen LogP contribution in [-0.2, 0) is 20.1 Å². The smallest absolute Gasteiger partial charge is 0.320 e. The highest BCUT2D eigenvalue weighted by Gasteiger charge is 2.25. The lowest BCUT2D eigenvalue weighted by molar-refractivity contribution is -0.138. The SMILES string of the molecule is CC(C)(CCS(=N)(=O)CC[C@H](N)C(=O)O)n1cc(-c2ccccc2)nn1. The third kappa shape index (κ3) is 5.37. The zero-order valence-electron chi connectivity index (χ0n) is 15.0.